The number of carbonyl (C=O) groups is 1. The quantitative estimate of drug-likeness (QED) is 0.822. The third kappa shape index (κ3) is 3.45. The Bertz CT molecular complexity index is 403. The lowest BCUT2D eigenvalue weighted by Gasteiger charge is -2.11. The molecule has 0 aromatic heterocycles. The average molecular weight is 250 g/mol. The molecule has 98 valence electrons. The lowest BCUT2D eigenvalue weighted by Crippen LogP contribution is -2.26. The third-order valence-corrected chi connectivity index (χ3v) is 2.71. The minimum Gasteiger partial charge on any atom is -0.492 e. The molecule has 3 N–H and O–H groups in total. The van der Waals surface area contributed by atoms with Gasteiger partial charge in [0.1, 0.15) is 18.5 Å². The monoisotopic (exact) mass is 250 g/mol. The Hall–Kier alpha value is -1.59. The van der Waals surface area contributed by atoms with E-state index in [1.165, 1.54) is 0 Å². The van der Waals surface area contributed by atoms with Gasteiger partial charge in [0.2, 0.25) is 0 Å². The van der Waals surface area contributed by atoms with Crippen molar-refractivity contribution in [1.82, 2.24) is 0 Å². The molecule has 18 heavy (non-hydrogen) atoms. The standard InChI is InChI=1S/C13H18N2O3/c14-6-8-17-11-4-1-3-10(9-11)15-13(16)12-5-2-7-18-12/h1,3-4,9,12H,2,5-8,14H2,(H,15,16)/t12-/m1/s1. The van der Waals surface area contributed by atoms with Gasteiger partial charge in [0.15, 0.2) is 0 Å². The van der Waals surface area contributed by atoms with Crippen molar-refractivity contribution < 1.29 is 14.3 Å². The van der Waals surface area contributed by atoms with Gasteiger partial charge in [-0.2, -0.15) is 0 Å². The second-order valence-electron chi connectivity index (χ2n) is 4.16. The van der Waals surface area contributed by atoms with E-state index in [-0.39, 0.29) is 12.0 Å². The van der Waals surface area contributed by atoms with Crippen LogP contribution in [0.15, 0.2) is 24.3 Å². The predicted molar refractivity (Wildman–Crippen MR) is 68.6 cm³/mol. The molecule has 0 unspecified atom stereocenters. The van der Waals surface area contributed by atoms with E-state index in [1.807, 2.05) is 18.2 Å². The predicted octanol–water partition coefficient (Wildman–Crippen LogP) is 1.14. The van der Waals surface area contributed by atoms with E-state index in [9.17, 15) is 4.79 Å². The Morgan fingerprint density at radius 1 is 1.56 bits per heavy atom. The highest BCUT2D eigenvalue weighted by Gasteiger charge is 2.23. The number of rotatable bonds is 5. The minimum atomic E-state index is -0.321. The summed E-state index contributed by atoms with van der Waals surface area (Å²) in [7, 11) is 0. The fourth-order valence-corrected chi connectivity index (χ4v) is 1.85. The molecule has 1 amide bonds. The molecule has 1 aromatic rings. The number of carbonyl (C=O) groups excluding carboxylic acids is 1. The van der Waals surface area contributed by atoms with Crippen LogP contribution in [0.25, 0.3) is 0 Å². The molecule has 5 heteroatoms. The molecule has 1 fully saturated rings. The van der Waals surface area contributed by atoms with Gasteiger partial charge >= 0.3 is 0 Å². The normalized spacial score (nSPS) is 18.6. The summed E-state index contributed by atoms with van der Waals surface area (Å²) in [6.07, 6.45) is 1.41. The fraction of sp³-hybridized carbons (Fsp3) is 0.462. The zero-order valence-electron chi connectivity index (χ0n) is 10.2. The van der Waals surface area contributed by atoms with Crippen LogP contribution in [0.3, 0.4) is 0 Å². The van der Waals surface area contributed by atoms with Crippen molar-refractivity contribution in [2.45, 2.75) is 18.9 Å². The first-order chi connectivity index (χ1) is 8.79. The number of nitrogens with two attached hydrogens (primary N) is 1. The number of anilines is 1. The van der Waals surface area contributed by atoms with Crippen LogP contribution in [0, 0.1) is 0 Å². The largest absolute Gasteiger partial charge is 0.492 e. The Morgan fingerprint density at radius 2 is 2.44 bits per heavy atom. The summed E-state index contributed by atoms with van der Waals surface area (Å²) >= 11 is 0. The van der Waals surface area contributed by atoms with Crippen molar-refractivity contribution in [3.8, 4) is 5.75 Å². The summed E-state index contributed by atoms with van der Waals surface area (Å²) in [5.74, 6) is 0.606. The van der Waals surface area contributed by atoms with Gasteiger partial charge in [-0.25, -0.2) is 0 Å². The van der Waals surface area contributed by atoms with Crippen LogP contribution < -0.4 is 15.8 Å². The number of amides is 1. The number of nitrogens with one attached hydrogen (secondary N) is 1. The summed E-state index contributed by atoms with van der Waals surface area (Å²) in [6.45, 7) is 1.59. The van der Waals surface area contributed by atoms with Crippen LogP contribution in [0.2, 0.25) is 0 Å². The maximum Gasteiger partial charge on any atom is 0.253 e. The number of hydrogen-bond acceptors (Lipinski definition) is 4. The Balaban J connectivity index is 1.93. The first-order valence-electron chi connectivity index (χ1n) is 6.15. The zero-order chi connectivity index (χ0) is 12.8. The van der Waals surface area contributed by atoms with E-state index in [1.54, 1.807) is 6.07 Å². The van der Waals surface area contributed by atoms with E-state index in [4.69, 9.17) is 15.2 Å². The molecular weight excluding hydrogens is 232 g/mol. The van der Waals surface area contributed by atoms with Crippen molar-refractivity contribution >= 4 is 11.6 Å². The molecule has 0 radical (unpaired) electrons. The lowest BCUT2D eigenvalue weighted by atomic mass is 10.2. The summed E-state index contributed by atoms with van der Waals surface area (Å²) in [5.41, 5.74) is 6.08. The Kier molecular flexibility index (Phi) is 4.55. The van der Waals surface area contributed by atoms with Crippen LogP contribution in [-0.2, 0) is 9.53 Å². The maximum absolute atomic E-state index is 11.8. The molecule has 0 saturated carbocycles. The molecule has 1 heterocycles. The van der Waals surface area contributed by atoms with Crippen LogP contribution in [0.4, 0.5) is 5.69 Å². The van der Waals surface area contributed by atoms with Gasteiger partial charge in [-0.1, -0.05) is 6.07 Å². The summed E-state index contributed by atoms with van der Waals surface area (Å²) in [4.78, 5) is 11.8. The molecule has 1 aromatic carbocycles. The number of ether oxygens (including phenoxy) is 2. The van der Waals surface area contributed by atoms with Gasteiger partial charge in [0, 0.05) is 24.9 Å². The summed E-state index contributed by atoms with van der Waals surface area (Å²) in [5, 5.41) is 2.83. The molecule has 2 rings (SSSR count). The van der Waals surface area contributed by atoms with Gasteiger partial charge in [0.25, 0.3) is 5.91 Å². The summed E-state index contributed by atoms with van der Waals surface area (Å²) in [6, 6.07) is 7.26. The summed E-state index contributed by atoms with van der Waals surface area (Å²) < 4.78 is 10.7. The fourth-order valence-electron chi connectivity index (χ4n) is 1.85. The van der Waals surface area contributed by atoms with Gasteiger partial charge in [-0.05, 0) is 25.0 Å². The van der Waals surface area contributed by atoms with Crippen LogP contribution in [0.1, 0.15) is 12.8 Å². The molecule has 1 aliphatic heterocycles. The third-order valence-electron chi connectivity index (χ3n) is 2.71. The van der Waals surface area contributed by atoms with E-state index < -0.39 is 0 Å². The van der Waals surface area contributed by atoms with Crippen LogP contribution >= 0.6 is 0 Å². The van der Waals surface area contributed by atoms with Crippen LogP contribution in [-0.4, -0.2) is 31.8 Å². The van der Waals surface area contributed by atoms with Crippen molar-refractivity contribution in [2.24, 2.45) is 5.73 Å². The smallest absolute Gasteiger partial charge is 0.253 e. The van der Waals surface area contributed by atoms with Gasteiger partial charge in [0.05, 0.1) is 0 Å². The highest BCUT2D eigenvalue weighted by molar-refractivity contribution is 5.94. The number of hydrogen-bond donors (Lipinski definition) is 2. The van der Waals surface area contributed by atoms with Crippen molar-refractivity contribution in [2.75, 3.05) is 25.1 Å². The van der Waals surface area contributed by atoms with Crippen molar-refractivity contribution in [3.05, 3.63) is 24.3 Å². The van der Waals surface area contributed by atoms with E-state index in [2.05, 4.69) is 5.32 Å². The minimum absolute atomic E-state index is 0.0940. The first-order valence-corrected chi connectivity index (χ1v) is 6.15. The second kappa shape index (κ2) is 6.37. The van der Waals surface area contributed by atoms with Crippen LogP contribution in [0.5, 0.6) is 5.75 Å². The van der Waals surface area contributed by atoms with Gasteiger partial charge < -0.3 is 20.5 Å². The lowest BCUT2D eigenvalue weighted by molar-refractivity contribution is -0.124. The molecule has 1 saturated heterocycles. The Morgan fingerprint density at radius 3 is 3.17 bits per heavy atom. The highest BCUT2D eigenvalue weighted by atomic mass is 16.5. The molecule has 0 spiro atoms. The molecule has 5 nitrogen and oxygen atoms in total. The van der Waals surface area contributed by atoms with E-state index >= 15 is 0 Å². The first kappa shape index (κ1) is 12.9. The molecule has 0 bridgehead atoms. The van der Waals surface area contributed by atoms with Gasteiger partial charge in [-0.3, -0.25) is 4.79 Å². The van der Waals surface area contributed by atoms with E-state index in [0.717, 1.165) is 12.8 Å². The average Bonchev–Trinajstić information content (AvgIpc) is 2.91. The molecular formula is C13H18N2O3. The zero-order valence-corrected chi connectivity index (χ0v) is 10.2. The van der Waals surface area contributed by atoms with Crippen molar-refractivity contribution in [1.29, 1.82) is 0 Å². The SMILES string of the molecule is NCCOc1cccc(NC(=O)[C@H]2CCCO2)c1. The second-order valence-corrected chi connectivity index (χ2v) is 4.16. The highest BCUT2D eigenvalue weighted by Crippen LogP contribution is 2.19. The topological polar surface area (TPSA) is 73.6 Å². The molecule has 0 aliphatic carbocycles. The molecule has 1 atom stereocenters. The molecule has 1 aliphatic rings. The number of benzene rings is 1. The van der Waals surface area contributed by atoms with Crippen molar-refractivity contribution in [3.63, 3.8) is 0 Å². The van der Waals surface area contributed by atoms with E-state index in [0.29, 0.717) is 31.2 Å². The van der Waals surface area contributed by atoms with Gasteiger partial charge in [-0.15, -0.1) is 0 Å². The Labute approximate surface area is 106 Å². The maximum atomic E-state index is 11.8.